The second-order valence-corrected chi connectivity index (χ2v) is 11.4. The summed E-state index contributed by atoms with van der Waals surface area (Å²) in [5.74, 6) is 0.495. The van der Waals surface area contributed by atoms with Gasteiger partial charge < -0.3 is 18.9 Å². The number of hydrogen-bond donors (Lipinski definition) is 2. The summed E-state index contributed by atoms with van der Waals surface area (Å²) in [6.45, 7) is 6.04. The van der Waals surface area contributed by atoms with E-state index in [1.807, 2.05) is 97.1 Å². The third-order valence-electron chi connectivity index (χ3n) is 6.90. The fraction of sp³-hybridized carbons (Fsp3) is 0.257. The highest BCUT2D eigenvalue weighted by Gasteiger charge is 2.52. The van der Waals surface area contributed by atoms with Crippen molar-refractivity contribution in [2.24, 2.45) is 0 Å². The molecule has 8 heteroatoms. The second-order valence-electron chi connectivity index (χ2n) is 11.4. The number of hydrogen-bond acceptors (Lipinski definition) is 7. The molecule has 8 nitrogen and oxygen atoms in total. The zero-order valence-electron chi connectivity index (χ0n) is 24.6. The maximum Gasteiger partial charge on any atom is 0.422 e. The lowest BCUT2D eigenvalue weighted by Crippen LogP contribution is -2.63. The Balaban J connectivity index is 1.43. The Labute approximate surface area is 251 Å². The summed E-state index contributed by atoms with van der Waals surface area (Å²) >= 11 is 0. The van der Waals surface area contributed by atoms with Crippen molar-refractivity contribution in [1.29, 1.82) is 0 Å². The zero-order valence-corrected chi connectivity index (χ0v) is 24.6. The molecule has 1 amide bonds. The van der Waals surface area contributed by atoms with Gasteiger partial charge in [-0.1, -0.05) is 91.0 Å². The Morgan fingerprint density at radius 2 is 1.21 bits per heavy atom. The largest absolute Gasteiger partial charge is 0.485 e. The maximum atomic E-state index is 13.7. The Morgan fingerprint density at radius 3 is 1.72 bits per heavy atom. The normalized spacial score (nSPS) is 15.4. The third kappa shape index (κ3) is 7.53. The van der Waals surface area contributed by atoms with E-state index in [1.54, 1.807) is 26.8 Å². The molecule has 4 aromatic rings. The van der Waals surface area contributed by atoms with Gasteiger partial charge in [-0.15, -0.1) is 0 Å². The molecule has 2 N–H and O–H groups in total. The quantitative estimate of drug-likeness (QED) is 0.157. The number of carbonyl (C=O) groups is 2. The van der Waals surface area contributed by atoms with Gasteiger partial charge in [-0.05, 0) is 60.7 Å². The van der Waals surface area contributed by atoms with Crippen LogP contribution in [0.2, 0.25) is 0 Å². The molecule has 5 rings (SSSR count). The first kappa shape index (κ1) is 29.7. The minimum atomic E-state index is -1.36. The number of hydrazine groups is 1. The van der Waals surface area contributed by atoms with Crippen molar-refractivity contribution in [2.45, 2.75) is 58.2 Å². The van der Waals surface area contributed by atoms with Crippen LogP contribution in [0.5, 0.6) is 11.5 Å². The highest BCUT2D eigenvalue weighted by Crippen LogP contribution is 2.46. The van der Waals surface area contributed by atoms with E-state index < -0.39 is 23.2 Å². The number of esters is 1. The fourth-order valence-electron chi connectivity index (χ4n) is 4.77. The highest BCUT2D eigenvalue weighted by atomic mass is 16.6. The Morgan fingerprint density at radius 1 is 0.721 bits per heavy atom. The van der Waals surface area contributed by atoms with Crippen molar-refractivity contribution < 1.29 is 28.5 Å². The average Bonchev–Trinajstić information content (AvgIpc) is 2.99. The first-order chi connectivity index (χ1) is 20.7. The van der Waals surface area contributed by atoms with Crippen molar-refractivity contribution in [3.05, 3.63) is 131 Å². The molecule has 0 unspecified atom stereocenters. The summed E-state index contributed by atoms with van der Waals surface area (Å²) in [5.41, 5.74) is 7.75. The first-order valence-electron chi connectivity index (χ1n) is 14.2. The van der Waals surface area contributed by atoms with Gasteiger partial charge in [0.2, 0.25) is 0 Å². The van der Waals surface area contributed by atoms with Gasteiger partial charge in [-0.3, -0.25) is 5.43 Å². The molecule has 4 aromatic carbocycles. The molecule has 0 heterocycles. The molecular formula is C35H36N2O6. The summed E-state index contributed by atoms with van der Waals surface area (Å²) in [4.78, 5) is 26.3. The molecule has 0 bridgehead atoms. The van der Waals surface area contributed by atoms with Gasteiger partial charge in [0.15, 0.2) is 17.0 Å². The highest BCUT2D eigenvalue weighted by molar-refractivity contribution is 5.88. The molecule has 0 spiro atoms. The van der Waals surface area contributed by atoms with Crippen LogP contribution in [0.4, 0.5) is 4.79 Å². The average molecular weight is 581 g/mol. The molecule has 0 fully saturated rings. The number of amides is 1. The number of fused-ring (bicyclic) bond motifs is 1. The van der Waals surface area contributed by atoms with Gasteiger partial charge in [0.1, 0.15) is 25.4 Å². The monoisotopic (exact) mass is 580 g/mol. The van der Waals surface area contributed by atoms with Crippen LogP contribution < -0.4 is 20.3 Å². The van der Waals surface area contributed by atoms with Gasteiger partial charge in [0, 0.05) is 6.42 Å². The lowest BCUT2D eigenvalue weighted by atomic mass is 9.70. The zero-order chi connectivity index (χ0) is 30.3. The second kappa shape index (κ2) is 13.0. The molecule has 222 valence electrons. The minimum Gasteiger partial charge on any atom is -0.485 e. The molecule has 43 heavy (non-hydrogen) atoms. The molecule has 1 aliphatic carbocycles. The SMILES string of the molecule is CC(C)(C)OC(=O)NN[C@]1(C(=O)OCc2ccccc2)Cc2cc(OCc3ccccc3)c(OCc3ccccc3)cc21. The molecule has 0 saturated heterocycles. The molecule has 1 aliphatic rings. The predicted molar refractivity (Wildman–Crippen MR) is 162 cm³/mol. The summed E-state index contributed by atoms with van der Waals surface area (Å²) < 4.78 is 23.6. The number of nitrogens with one attached hydrogen (secondary N) is 2. The minimum absolute atomic E-state index is 0.0838. The topological polar surface area (TPSA) is 95.1 Å². The summed E-state index contributed by atoms with van der Waals surface area (Å²) in [6, 6.07) is 32.8. The third-order valence-corrected chi connectivity index (χ3v) is 6.90. The van der Waals surface area contributed by atoms with Gasteiger partial charge in [0.05, 0.1) is 0 Å². The standard InChI is InChI=1S/C35H36N2O6/c1-34(2,3)43-33(39)36-37-35(32(38)42-24-27-17-11-6-12-18-27)21-28-19-30(40-22-25-13-7-4-8-14-25)31(20-29(28)35)41-23-26-15-9-5-10-16-26/h4-20,37H,21-24H2,1-3H3,(H,36,39)/t35-/m1/s1. The van der Waals surface area contributed by atoms with Crippen LogP contribution in [0.3, 0.4) is 0 Å². The van der Waals surface area contributed by atoms with E-state index in [-0.39, 0.29) is 13.0 Å². The van der Waals surface area contributed by atoms with Crippen LogP contribution in [0.25, 0.3) is 0 Å². The predicted octanol–water partition coefficient (Wildman–Crippen LogP) is 6.37. The van der Waals surface area contributed by atoms with E-state index in [0.29, 0.717) is 30.3 Å². The van der Waals surface area contributed by atoms with Gasteiger partial charge >= 0.3 is 12.1 Å². The van der Waals surface area contributed by atoms with Gasteiger partial charge in [-0.25, -0.2) is 15.0 Å². The number of benzene rings is 4. The van der Waals surface area contributed by atoms with E-state index in [2.05, 4.69) is 10.9 Å². The molecule has 0 aromatic heterocycles. The van der Waals surface area contributed by atoms with Gasteiger partial charge in [0.25, 0.3) is 0 Å². The summed E-state index contributed by atoms with van der Waals surface area (Å²) in [6.07, 6.45) is -0.452. The summed E-state index contributed by atoms with van der Waals surface area (Å²) in [5, 5.41) is 0. The summed E-state index contributed by atoms with van der Waals surface area (Å²) in [7, 11) is 0. The molecule has 1 atom stereocenters. The van der Waals surface area contributed by atoms with Gasteiger partial charge in [-0.2, -0.15) is 0 Å². The first-order valence-corrected chi connectivity index (χ1v) is 14.2. The Bertz CT molecular complexity index is 1540. The van der Waals surface area contributed by atoms with Crippen molar-refractivity contribution in [3.8, 4) is 11.5 Å². The van der Waals surface area contributed by atoms with Crippen LogP contribution in [-0.4, -0.2) is 17.7 Å². The Hall–Kier alpha value is -4.82. The number of ether oxygens (including phenoxy) is 4. The molecule has 0 aliphatic heterocycles. The molecular weight excluding hydrogens is 544 g/mol. The lowest BCUT2D eigenvalue weighted by Gasteiger charge is -2.42. The van der Waals surface area contributed by atoms with Crippen LogP contribution in [0.1, 0.15) is 48.6 Å². The van der Waals surface area contributed by atoms with Crippen molar-refractivity contribution in [3.63, 3.8) is 0 Å². The Kier molecular flexibility index (Phi) is 8.97. The molecule has 0 radical (unpaired) electrons. The van der Waals surface area contributed by atoms with Crippen molar-refractivity contribution in [1.82, 2.24) is 10.9 Å². The fourth-order valence-corrected chi connectivity index (χ4v) is 4.77. The van der Waals surface area contributed by atoms with Crippen LogP contribution in [0, 0.1) is 0 Å². The lowest BCUT2D eigenvalue weighted by molar-refractivity contribution is -0.155. The smallest absolute Gasteiger partial charge is 0.422 e. The number of carbonyl (C=O) groups excluding carboxylic acids is 2. The van der Waals surface area contributed by atoms with E-state index in [4.69, 9.17) is 18.9 Å². The van der Waals surface area contributed by atoms with Crippen molar-refractivity contribution >= 4 is 12.1 Å². The van der Waals surface area contributed by atoms with Crippen LogP contribution in [-0.2, 0) is 46.0 Å². The van der Waals surface area contributed by atoms with Crippen molar-refractivity contribution in [2.75, 3.05) is 0 Å². The van der Waals surface area contributed by atoms with Crippen LogP contribution >= 0.6 is 0 Å². The maximum absolute atomic E-state index is 13.7. The van der Waals surface area contributed by atoms with E-state index >= 15 is 0 Å². The van der Waals surface area contributed by atoms with E-state index in [1.165, 1.54) is 0 Å². The molecule has 0 saturated carbocycles. The number of rotatable bonds is 11. The van der Waals surface area contributed by atoms with E-state index in [9.17, 15) is 9.59 Å². The van der Waals surface area contributed by atoms with Crippen LogP contribution in [0.15, 0.2) is 103 Å². The van der Waals surface area contributed by atoms with E-state index in [0.717, 1.165) is 22.3 Å².